The molecule has 7 heteroatoms. The van der Waals surface area contributed by atoms with E-state index in [1.165, 1.54) is 6.21 Å². The van der Waals surface area contributed by atoms with Gasteiger partial charge in [-0.3, -0.25) is 0 Å². The van der Waals surface area contributed by atoms with Gasteiger partial charge >= 0.3 is 6.03 Å². The minimum atomic E-state index is -0.722. The topological polar surface area (TPSA) is 95.2 Å². The van der Waals surface area contributed by atoms with E-state index in [9.17, 15) is 4.79 Å². The standard InChI is InChI=1S/C19H23N3O4/c1-3-24-18-12-15(13-21-22-19(20)23)8-9-17(18)26-11-10-25-16-7-5-4-6-14(16)2/h4-9,12-13H,3,10-11H2,1-2H3,(H3,20,22,23)/b21-13-. The molecule has 0 bridgehead atoms. The van der Waals surface area contributed by atoms with E-state index in [1.807, 2.05) is 38.1 Å². The Bertz CT molecular complexity index is 762. The Hall–Kier alpha value is -3.22. The number of hydrogen-bond acceptors (Lipinski definition) is 5. The van der Waals surface area contributed by atoms with E-state index in [0.29, 0.717) is 31.3 Å². The van der Waals surface area contributed by atoms with Gasteiger partial charge in [0.1, 0.15) is 19.0 Å². The monoisotopic (exact) mass is 357 g/mol. The quantitative estimate of drug-likeness (QED) is 0.410. The summed E-state index contributed by atoms with van der Waals surface area (Å²) >= 11 is 0. The molecule has 0 aliphatic heterocycles. The van der Waals surface area contributed by atoms with Crippen LogP contribution in [0.2, 0.25) is 0 Å². The zero-order valence-corrected chi connectivity index (χ0v) is 14.9. The lowest BCUT2D eigenvalue weighted by atomic mass is 10.2. The van der Waals surface area contributed by atoms with Crippen LogP contribution in [0, 0.1) is 6.92 Å². The van der Waals surface area contributed by atoms with Gasteiger partial charge in [-0.2, -0.15) is 5.10 Å². The fourth-order valence-electron chi connectivity index (χ4n) is 2.18. The van der Waals surface area contributed by atoms with Crippen molar-refractivity contribution in [3.05, 3.63) is 53.6 Å². The molecule has 26 heavy (non-hydrogen) atoms. The summed E-state index contributed by atoms with van der Waals surface area (Å²) < 4.78 is 17.1. The van der Waals surface area contributed by atoms with Crippen molar-refractivity contribution in [1.82, 2.24) is 5.43 Å². The molecule has 2 aromatic rings. The van der Waals surface area contributed by atoms with Gasteiger partial charge < -0.3 is 19.9 Å². The molecule has 3 N–H and O–H groups in total. The highest BCUT2D eigenvalue weighted by atomic mass is 16.5. The number of carbonyl (C=O) groups is 1. The molecule has 0 aliphatic rings. The number of rotatable bonds is 9. The predicted molar refractivity (Wildman–Crippen MR) is 100 cm³/mol. The average molecular weight is 357 g/mol. The summed E-state index contributed by atoms with van der Waals surface area (Å²) in [5.74, 6) is 2.04. The second kappa shape index (κ2) is 9.93. The first kappa shape index (κ1) is 19.1. The number of para-hydroxylation sites is 1. The van der Waals surface area contributed by atoms with Crippen LogP contribution in [0.25, 0.3) is 0 Å². The van der Waals surface area contributed by atoms with Crippen molar-refractivity contribution in [2.75, 3.05) is 19.8 Å². The number of carbonyl (C=O) groups excluding carboxylic acids is 1. The number of nitrogens with zero attached hydrogens (tertiary/aromatic N) is 1. The van der Waals surface area contributed by atoms with Crippen molar-refractivity contribution in [2.24, 2.45) is 10.8 Å². The molecule has 2 amide bonds. The number of ether oxygens (including phenoxy) is 3. The van der Waals surface area contributed by atoms with Crippen molar-refractivity contribution < 1.29 is 19.0 Å². The highest BCUT2D eigenvalue weighted by Gasteiger charge is 2.06. The van der Waals surface area contributed by atoms with E-state index >= 15 is 0 Å². The highest BCUT2D eigenvalue weighted by molar-refractivity contribution is 5.82. The SMILES string of the molecule is CCOc1cc(/C=N\NC(N)=O)ccc1OCCOc1ccccc1C. The number of nitrogens with one attached hydrogen (secondary N) is 1. The Kier molecular flexibility index (Phi) is 7.30. The Morgan fingerprint density at radius 3 is 2.50 bits per heavy atom. The second-order valence-electron chi connectivity index (χ2n) is 5.34. The number of nitrogens with two attached hydrogens (primary N) is 1. The van der Waals surface area contributed by atoms with Crippen molar-refractivity contribution in [3.8, 4) is 17.2 Å². The zero-order chi connectivity index (χ0) is 18.8. The molecule has 0 aromatic heterocycles. The number of urea groups is 1. The largest absolute Gasteiger partial charge is 0.490 e. The first-order chi connectivity index (χ1) is 12.6. The third kappa shape index (κ3) is 6.01. The van der Waals surface area contributed by atoms with Gasteiger partial charge in [-0.25, -0.2) is 10.2 Å². The Morgan fingerprint density at radius 1 is 1.08 bits per heavy atom. The Morgan fingerprint density at radius 2 is 1.81 bits per heavy atom. The summed E-state index contributed by atoms with van der Waals surface area (Å²) in [6.07, 6.45) is 1.47. The highest BCUT2D eigenvalue weighted by Crippen LogP contribution is 2.28. The number of amides is 2. The molecule has 0 unspecified atom stereocenters. The second-order valence-corrected chi connectivity index (χ2v) is 5.34. The molecule has 0 saturated carbocycles. The summed E-state index contributed by atoms with van der Waals surface area (Å²) in [4.78, 5) is 10.6. The Balaban J connectivity index is 1.94. The van der Waals surface area contributed by atoms with Crippen molar-refractivity contribution in [1.29, 1.82) is 0 Å². The number of hydrogen-bond donors (Lipinski definition) is 2. The first-order valence-electron chi connectivity index (χ1n) is 8.26. The molecule has 2 rings (SSSR count). The van der Waals surface area contributed by atoms with E-state index in [1.54, 1.807) is 18.2 Å². The Labute approximate surface area is 152 Å². The number of aryl methyl sites for hydroxylation is 1. The lowest BCUT2D eigenvalue weighted by Gasteiger charge is -2.13. The van der Waals surface area contributed by atoms with Gasteiger partial charge in [-0.05, 0) is 49.2 Å². The molecule has 0 fully saturated rings. The van der Waals surface area contributed by atoms with Gasteiger partial charge in [0.25, 0.3) is 0 Å². The van der Waals surface area contributed by atoms with Crippen LogP contribution >= 0.6 is 0 Å². The smallest absolute Gasteiger partial charge is 0.332 e. The summed E-state index contributed by atoms with van der Waals surface area (Å²) in [6.45, 7) is 5.18. The normalized spacial score (nSPS) is 10.5. The zero-order valence-electron chi connectivity index (χ0n) is 14.9. The third-order valence-corrected chi connectivity index (χ3v) is 3.35. The summed E-state index contributed by atoms with van der Waals surface area (Å²) in [5.41, 5.74) is 8.92. The molecule has 2 aromatic carbocycles. The molecule has 7 nitrogen and oxygen atoms in total. The van der Waals surface area contributed by atoms with Crippen LogP contribution in [0.15, 0.2) is 47.6 Å². The molecule has 0 heterocycles. The van der Waals surface area contributed by atoms with Crippen LogP contribution in [0.3, 0.4) is 0 Å². The summed E-state index contributed by atoms with van der Waals surface area (Å²) in [5, 5.41) is 3.72. The van der Waals surface area contributed by atoms with Gasteiger partial charge in [0.2, 0.25) is 0 Å². The minimum Gasteiger partial charge on any atom is -0.490 e. The van der Waals surface area contributed by atoms with Gasteiger partial charge in [0.05, 0.1) is 12.8 Å². The minimum absolute atomic E-state index is 0.380. The molecule has 138 valence electrons. The van der Waals surface area contributed by atoms with Gasteiger partial charge in [0, 0.05) is 0 Å². The van der Waals surface area contributed by atoms with E-state index in [2.05, 4.69) is 10.5 Å². The number of hydrazone groups is 1. The molecular formula is C19H23N3O4. The molecule has 0 saturated heterocycles. The van der Waals surface area contributed by atoms with E-state index in [0.717, 1.165) is 16.9 Å². The van der Waals surface area contributed by atoms with Crippen LogP contribution in [-0.2, 0) is 0 Å². The van der Waals surface area contributed by atoms with Crippen LogP contribution < -0.4 is 25.4 Å². The van der Waals surface area contributed by atoms with Crippen LogP contribution in [-0.4, -0.2) is 32.1 Å². The summed E-state index contributed by atoms with van der Waals surface area (Å²) in [7, 11) is 0. The maximum atomic E-state index is 10.6. The van der Waals surface area contributed by atoms with E-state index in [4.69, 9.17) is 19.9 Å². The average Bonchev–Trinajstić information content (AvgIpc) is 2.61. The van der Waals surface area contributed by atoms with Crippen LogP contribution in [0.4, 0.5) is 4.79 Å². The maximum absolute atomic E-state index is 10.6. The third-order valence-electron chi connectivity index (χ3n) is 3.35. The summed E-state index contributed by atoms with van der Waals surface area (Å²) in [6, 6.07) is 12.5. The van der Waals surface area contributed by atoms with Crippen molar-refractivity contribution in [2.45, 2.75) is 13.8 Å². The fourth-order valence-corrected chi connectivity index (χ4v) is 2.18. The lowest BCUT2D eigenvalue weighted by molar-refractivity contribution is 0.207. The molecular weight excluding hydrogens is 334 g/mol. The fraction of sp³-hybridized carbons (Fsp3) is 0.263. The number of primary amides is 1. The van der Waals surface area contributed by atoms with Crippen molar-refractivity contribution >= 4 is 12.2 Å². The van der Waals surface area contributed by atoms with Gasteiger partial charge in [-0.1, -0.05) is 18.2 Å². The van der Waals surface area contributed by atoms with E-state index in [-0.39, 0.29) is 0 Å². The van der Waals surface area contributed by atoms with Gasteiger partial charge in [0.15, 0.2) is 11.5 Å². The van der Waals surface area contributed by atoms with Crippen LogP contribution in [0.1, 0.15) is 18.1 Å². The first-order valence-corrected chi connectivity index (χ1v) is 8.26. The van der Waals surface area contributed by atoms with E-state index < -0.39 is 6.03 Å². The predicted octanol–water partition coefficient (Wildman–Crippen LogP) is 2.85. The number of benzene rings is 2. The van der Waals surface area contributed by atoms with Crippen molar-refractivity contribution in [3.63, 3.8) is 0 Å². The molecule has 0 spiro atoms. The maximum Gasteiger partial charge on any atom is 0.332 e. The molecule has 0 atom stereocenters. The lowest BCUT2D eigenvalue weighted by Crippen LogP contribution is -2.24. The van der Waals surface area contributed by atoms with Gasteiger partial charge in [-0.15, -0.1) is 0 Å². The van der Waals surface area contributed by atoms with Crippen LogP contribution in [0.5, 0.6) is 17.2 Å². The molecule has 0 aliphatic carbocycles. The molecule has 0 radical (unpaired) electrons.